The van der Waals surface area contributed by atoms with E-state index in [0.29, 0.717) is 11.4 Å². The van der Waals surface area contributed by atoms with Gasteiger partial charge in [-0.15, -0.1) is 0 Å². The van der Waals surface area contributed by atoms with Crippen LogP contribution in [0.2, 0.25) is 0 Å². The Balaban J connectivity index is 2.02. The number of hydrogen-bond acceptors (Lipinski definition) is 4. The Bertz CT molecular complexity index is 898. The summed E-state index contributed by atoms with van der Waals surface area (Å²) in [5.41, 5.74) is 1.60. The quantitative estimate of drug-likeness (QED) is 0.642. The fourth-order valence-corrected chi connectivity index (χ4v) is 3.78. The number of sulfonamides is 1. The highest BCUT2D eigenvalue weighted by Crippen LogP contribution is 2.24. The van der Waals surface area contributed by atoms with Gasteiger partial charge in [-0.25, -0.2) is 8.42 Å². The third-order valence-corrected chi connectivity index (χ3v) is 5.42. The second-order valence-corrected chi connectivity index (χ2v) is 9.33. The molecule has 1 atom stereocenters. The van der Waals surface area contributed by atoms with Gasteiger partial charge in [0.1, 0.15) is 12.3 Å². The molecule has 0 aliphatic carbocycles. The van der Waals surface area contributed by atoms with Crippen LogP contribution in [-0.2, 0) is 21.2 Å². The summed E-state index contributed by atoms with van der Waals surface area (Å²) < 4.78 is 31.3. The van der Waals surface area contributed by atoms with Gasteiger partial charge in [0, 0.05) is 12.1 Å². The number of carbonyl (C=O) groups excluding carboxylic acids is 1. The number of aryl methyl sites for hydroxylation is 1. The van der Waals surface area contributed by atoms with Gasteiger partial charge in [0.05, 0.1) is 18.0 Å². The Hall–Kier alpha value is -2.54. The SMILES string of the molecule is CC(CCc1ccccc1)NC(=O)CN(c1cccc(OC(C)C)c1)S(C)(=O)=O. The molecule has 1 N–H and O–H groups in total. The number of carbonyl (C=O) groups is 1. The number of ether oxygens (including phenoxy) is 1. The molecule has 0 aromatic heterocycles. The first kappa shape index (κ1) is 22.7. The van der Waals surface area contributed by atoms with Crippen LogP contribution in [0.5, 0.6) is 5.75 Å². The summed E-state index contributed by atoms with van der Waals surface area (Å²) >= 11 is 0. The summed E-state index contributed by atoms with van der Waals surface area (Å²) in [5, 5.41) is 2.89. The van der Waals surface area contributed by atoms with Gasteiger partial charge in [-0.3, -0.25) is 9.10 Å². The van der Waals surface area contributed by atoms with Crippen LogP contribution < -0.4 is 14.4 Å². The van der Waals surface area contributed by atoms with E-state index in [-0.39, 0.29) is 24.6 Å². The lowest BCUT2D eigenvalue weighted by molar-refractivity contribution is -0.120. The summed E-state index contributed by atoms with van der Waals surface area (Å²) in [4.78, 5) is 12.5. The lowest BCUT2D eigenvalue weighted by atomic mass is 10.1. The Labute approximate surface area is 173 Å². The van der Waals surface area contributed by atoms with Crippen LogP contribution >= 0.6 is 0 Å². The molecule has 2 rings (SSSR count). The summed E-state index contributed by atoms with van der Waals surface area (Å²) in [6, 6.07) is 16.7. The number of hydrogen-bond donors (Lipinski definition) is 1. The largest absolute Gasteiger partial charge is 0.491 e. The molecule has 0 heterocycles. The predicted octanol–water partition coefficient (Wildman–Crippen LogP) is 3.38. The molecule has 0 saturated heterocycles. The van der Waals surface area contributed by atoms with Crippen molar-refractivity contribution in [2.24, 2.45) is 0 Å². The molecule has 0 aliphatic rings. The number of nitrogens with one attached hydrogen (secondary N) is 1. The zero-order chi connectivity index (χ0) is 21.4. The lowest BCUT2D eigenvalue weighted by Crippen LogP contribution is -2.43. The topological polar surface area (TPSA) is 75.7 Å². The second-order valence-electron chi connectivity index (χ2n) is 7.43. The molecule has 158 valence electrons. The predicted molar refractivity (Wildman–Crippen MR) is 117 cm³/mol. The van der Waals surface area contributed by atoms with E-state index in [1.165, 1.54) is 5.56 Å². The van der Waals surface area contributed by atoms with Crippen molar-refractivity contribution in [1.82, 2.24) is 5.32 Å². The second kappa shape index (κ2) is 10.3. The van der Waals surface area contributed by atoms with Crippen LogP contribution in [0.4, 0.5) is 5.69 Å². The van der Waals surface area contributed by atoms with Crippen molar-refractivity contribution in [3.63, 3.8) is 0 Å². The molecule has 1 unspecified atom stereocenters. The van der Waals surface area contributed by atoms with E-state index in [1.807, 2.05) is 51.1 Å². The van der Waals surface area contributed by atoms with E-state index in [4.69, 9.17) is 4.74 Å². The zero-order valence-corrected chi connectivity index (χ0v) is 18.3. The molecule has 0 radical (unpaired) electrons. The molecule has 29 heavy (non-hydrogen) atoms. The average molecular weight is 419 g/mol. The smallest absolute Gasteiger partial charge is 0.240 e. The molecule has 0 fully saturated rings. The van der Waals surface area contributed by atoms with Gasteiger partial charge in [-0.05, 0) is 51.3 Å². The minimum atomic E-state index is -3.63. The number of rotatable bonds is 10. The first-order chi connectivity index (χ1) is 13.6. The molecular formula is C22H30N2O4S. The highest BCUT2D eigenvalue weighted by atomic mass is 32.2. The maximum Gasteiger partial charge on any atom is 0.240 e. The van der Waals surface area contributed by atoms with Crippen molar-refractivity contribution in [3.05, 3.63) is 60.2 Å². The Morgan fingerprint density at radius 3 is 2.38 bits per heavy atom. The summed E-state index contributed by atoms with van der Waals surface area (Å²) in [7, 11) is -3.63. The van der Waals surface area contributed by atoms with E-state index < -0.39 is 10.0 Å². The molecule has 6 nitrogen and oxygen atoms in total. The van der Waals surface area contributed by atoms with Crippen LogP contribution in [0, 0.1) is 0 Å². The number of benzene rings is 2. The highest BCUT2D eigenvalue weighted by molar-refractivity contribution is 7.92. The maximum absolute atomic E-state index is 12.5. The van der Waals surface area contributed by atoms with Crippen molar-refractivity contribution >= 4 is 21.6 Å². The van der Waals surface area contributed by atoms with E-state index >= 15 is 0 Å². The van der Waals surface area contributed by atoms with Gasteiger partial charge < -0.3 is 10.1 Å². The molecule has 7 heteroatoms. The molecule has 2 aromatic carbocycles. The van der Waals surface area contributed by atoms with E-state index in [0.717, 1.165) is 23.4 Å². The Morgan fingerprint density at radius 2 is 1.76 bits per heavy atom. The molecule has 0 saturated carbocycles. The Kier molecular flexibility index (Phi) is 8.08. The summed E-state index contributed by atoms with van der Waals surface area (Å²) in [6.45, 7) is 5.43. The first-order valence-corrected chi connectivity index (χ1v) is 11.6. The molecule has 0 spiro atoms. The first-order valence-electron chi connectivity index (χ1n) is 9.73. The van der Waals surface area contributed by atoms with Crippen molar-refractivity contribution in [1.29, 1.82) is 0 Å². The van der Waals surface area contributed by atoms with Gasteiger partial charge in [0.15, 0.2) is 0 Å². The van der Waals surface area contributed by atoms with Crippen LogP contribution in [0.15, 0.2) is 54.6 Å². The molecule has 0 aliphatic heterocycles. The van der Waals surface area contributed by atoms with Crippen LogP contribution in [0.1, 0.15) is 32.8 Å². The number of amides is 1. The molecule has 1 amide bonds. The van der Waals surface area contributed by atoms with Gasteiger partial charge in [-0.2, -0.15) is 0 Å². The maximum atomic E-state index is 12.5. The van der Waals surface area contributed by atoms with Gasteiger partial charge in [-0.1, -0.05) is 36.4 Å². The van der Waals surface area contributed by atoms with Crippen LogP contribution in [0.25, 0.3) is 0 Å². The number of nitrogens with zero attached hydrogens (tertiary/aromatic N) is 1. The third-order valence-electron chi connectivity index (χ3n) is 4.28. The van der Waals surface area contributed by atoms with Crippen molar-refractivity contribution in [2.75, 3.05) is 17.1 Å². The molecule has 2 aromatic rings. The van der Waals surface area contributed by atoms with Crippen molar-refractivity contribution in [3.8, 4) is 5.75 Å². The minimum absolute atomic E-state index is 0.0364. The molecule has 0 bridgehead atoms. The van der Waals surface area contributed by atoms with Crippen molar-refractivity contribution in [2.45, 2.75) is 45.8 Å². The van der Waals surface area contributed by atoms with E-state index in [1.54, 1.807) is 24.3 Å². The monoisotopic (exact) mass is 418 g/mol. The highest BCUT2D eigenvalue weighted by Gasteiger charge is 2.22. The fraction of sp³-hybridized carbons (Fsp3) is 0.409. The third kappa shape index (κ3) is 7.77. The van der Waals surface area contributed by atoms with Gasteiger partial charge >= 0.3 is 0 Å². The fourth-order valence-electron chi connectivity index (χ4n) is 2.94. The van der Waals surface area contributed by atoms with Crippen LogP contribution in [0.3, 0.4) is 0 Å². The number of anilines is 1. The summed E-state index contributed by atoms with van der Waals surface area (Å²) in [6.07, 6.45) is 2.67. The minimum Gasteiger partial charge on any atom is -0.491 e. The zero-order valence-electron chi connectivity index (χ0n) is 17.5. The average Bonchev–Trinajstić information content (AvgIpc) is 2.64. The summed E-state index contributed by atoms with van der Waals surface area (Å²) in [5.74, 6) is 0.217. The standard InChI is InChI=1S/C22H30N2O4S/c1-17(2)28-21-12-8-11-20(15-21)24(29(4,26)27)16-22(25)23-18(3)13-14-19-9-6-5-7-10-19/h5-12,15,17-18H,13-14,16H2,1-4H3,(H,23,25). The molecular weight excluding hydrogens is 388 g/mol. The normalized spacial score (nSPS) is 12.4. The Morgan fingerprint density at radius 1 is 1.07 bits per heavy atom. The van der Waals surface area contributed by atoms with Gasteiger partial charge in [0.2, 0.25) is 15.9 Å². The lowest BCUT2D eigenvalue weighted by Gasteiger charge is -2.24. The van der Waals surface area contributed by atoms with E-state index in [2.05, 4.69) is 5.32 Å². The van der Waals surface area contributed by atoms with Crippen molar-refractivity contribution < 1.29 is 17.9 Å². The van der Waals surface area contributed by atoms with Gasteiger partial charge in [0.25, 0.3) is 0 Å². The van der Waals surface area contributed by atoms with Crippen LogP contribution in [-0.4, -0.2) is 39.3 Å². The van der Waals surface area contributed by atoms with E-state index in [9.17, 15) is 13.2 Å².